The SMILES string of the molecule is OCCn1cccc1CNC1CC1. The van der Waals surface area contributed by atoms with Crippen molar-refractivity contribution in [1.82, 2.24) is 9.88 Å². The molecule has 1 heterocycles. The van der Waals surface area contributed by atoms with Gasteiger partial charge in [0.15, 0.2) is 0 Å². The van der Waals surface area contributed by atoms with E-state index < -0.39 is 0 Å². The molecule has 0 aliphatic heterocycles. The molecular weight excluding hydrogens is 164 g/mol. The molecule has 1 fully saturated rings. The fraction of sp³-hybridized carbons (Fsp3) is 0.600. The molecule has 0 bridgehead atoms. The summed E-state index contributed by atoms with van der Waals surface area (Å²) in [5.41, 5.74) is 1.26. The normalized spacial score (nSPS) is 16.4. The average Bonchev–Trinajstić information content (AvgIpc) is 2.86. The van der Waals surface area contributed by atoms with Gasteiger partial charge in [-0.2, -0.15) is 0 Å². The zero-order valence-electron chi connectivity index (χ0n) is 7.74. The van der Waals surface area contributed by atoms with E-state index in [9.17, 15) is 0 Å². The Morgan fingerprint density at radius 1 is 1.54 bits per heavy atom. The molecule has 13 heavy (non-hydrogen) atoms. The maximum Gasteiger partial charge on any atom is 0.0610 e. The highest BCUT2D eigenvalue weighted by atomic mass is 16.3. The summed E-state index contributed by atoms with van der Waals surface area (Å²) in [6.45, 7) is 1.84. The molecule has 0 aromatic carbocycles. The Bertz CT molecular complexity index is 266. The average molecular weight is 180 g/mol. The van der Waals surface area contributed by atoms with Crippen molar-refractivity contribution >= 4 is 0 Å². The van der Waals surface area contributed by atoms with Crippen LogP contribution in [0.4, 0.5) is 0 Å². The smallest absolute Gasteiger partial charge is 0.0610 e. The Balaban J connectivity index is 1.88. The van der Waals surface area contributed by atoms with Gasteiger partial charge in [0.25, 0.3) is 0 Å². The maximum absolute atomic E-state index is 8.81. The summed E-state index contributed by atoms with van der Waals surface area (Å²) < 4.78 is 2.09. The molecule has 3 nitrogen and oxygen atoms in total. The molecule has 0 unspecified atom stereocenters. The first-order chi connectivity index (χ1) is 6.40. The largest absolute Gasteiger partial charge is 0.395 e. The minimum absolute atomic E-state index is 0.213. The van der Waals surface area contributed by atoms with Gasteiger partial charge in [0.05, 0.1) is 6.61 Å². The van der Waals surface area contributed by atoms with Crippen LogP contribution in [-0.2, 0) is 13.1 Å². The van der Waals surface area contributed by atoms with Gasteiger partial charge in [0.1, 0.15) is 0 Å². The Kier molecular flexibility index (Phi) is 2.66. The van der Waals surface area contributed by atoms with Gasteiger partial charge in [-0.3, -0.25) is 0 Å². The lowest BCUT2D eigenvalue weighted by atomic mass is 10.4. The number of aliphatic hydroxyl groups excluding tert-OH is 1. The van der Waals surface area contributed by atoms with Crippen LogP contribution in [-0.4, -0.2) is 22.3 Å². The van der Waals surface area contributed by atoms with Crippen LogP contribution in [0.15, 0.2) is 18.3 Å². The molecule has 1 aromatic rings. The van der Waals surface area contributed by atoms with Crippen molar-refractivity contribution in [3.8, 4) is 0 Å². The van der Waals surface area contributed by atoms with Gasteiger partial charge < -0.3 is 15.0 Å². The Labute approximate surface area is 78.4 Å². The molecule has 2 rings (SSSR count). The Morgan fingerprint density at radius 3 is 3.08 bits per heavy atom. The van der Waals surface area contributed by atoms with Crippen molar-refractivity contribution < 1.29 is 5.11 Å². The number of hydrogen-bond acceptors (Lipinski definition) is 2. The van der Waals surface area contributed by atoms with Gasteiger partial charge >= 0.3 is 0 Å². The number of aliphatic hydroxyl groups is 1. The number of nitrogens with one attached hydrogen (secondary N) is 1. The third-order valence-electron chi connectivity index (χ3n) is 2.41. The van der Waals surface area contributed by atoms with Gasteiger partial charge in [-0.25, -0.2) is 0 Å². The number of rotatable bonds is 5. The van der Waals surface area contributed by atoms with Crippen LogP contribution in [0.25, 0.3) is 0 Å². The highest BCUT2D eigenvalue weighted by Gasteiger charge is 2.20. The number of aromatic nitrogens is 1. The number of nitrogens with zero attached hydrogens (tertiary/aromatic N) is 1. The van der Waals surface area contributed by atoms with Gasteiger partial charge in [0, 0.05) is 31.0 Å². The molecular formula is C10H16N2O. The first-order valence-electron chi connectivity index (χ1n) is 4.88. The van der Waals surface area contributed by atoms with Crippen molar-refractivity contribution in [3.63, 3.8) is 0 Å². The summed E-state index contributed by atoms with van der Waals surface area (Å²) in [6.07, 6.45) is 4.65. The summed E-state index contributed by atoms with van der Waals surface area (Å²) in [4.78, 5) is 0. The zero-order chi connectivity index (χ0) is 9.10. The van der Waals surface area contributed by atoms with Crippen LogP contribution >= 0.6 is 0 Å². The third-order valence-corrected chi connectivity index (χ3v) is 2.41. The molecule has 0 spiro atoms. The van der Waals surface area contributed by atoms with E-state index in [1.807, 2.05) is 12.3 Å². The monoisotopic (exact) mass is 180 g/mol. The summed E-state index contributed by atoms with van der Waals surface area (Å²) in [6, 6.07) is 4.88. The van der Waals surface area contributed by atoms with Crippen LogP contribution < -0.4 is 5.32 Å². The molecule has 2 N–H and O–H groups in total. The summed E-state index contributed by atoms with van der Waals surface area (Å²) in [7, 11) is 0. The lowest BCUT2D eigenvalue weighted by Crippen LogP contribution is -2.18. The van der Waals surface area contributed by atoms with Crippen LogP contribution in [0.5, 0.6) is 0 Å². The summed E-state index contributed by atoms with van der Waals surface area (Å²) in [5.74, 6) is 0. The molecule has 1 aliphatic carbocycles. The molecule has 72 valence electrons. The lowest BCUT2D eigenvalue weighted by Gasteiger charge is -2.07. The fourth-order valence-electron chi connectivity index (χ4n) is 1.47. The summed E-state index contributed by atoms with van der Waals surface area (Å²) >= 11 is 0. The van der Waals surface area contributed by atoms with E-state index in [1.165, 1.54) is 18.5 Å². The van der Waals surface area contributed by atoms with Gasteiger partial charge in [-0.1, -0.05) is 0 Å². The van der Waals surface area contributed by atoms with Crippen molar-refractivity contribution in [2.24, 2.45) is 0 Å². The van der Waals surface area contributed by atoms with Gasteiger partial charge in [-0.05, 0) is 25.0 Å². The predicted molar refractivity (Wildman–Crippen MR) is 51.4 cm³/mol. The minimum Gasteiger partial charge on any atom is -0.395 e. The van der Waals surface area contributed by atoms with E-state index >= 15 is 0 Å². The molecule has 1 aromatic heterocycles. The standard InChI is InChI=1S/C10H16N2O/c13-7-6-12-5-1-2-10(12)8-11-9-3-4-9/h1-2,5,9,11,13H,3-4,6-8H2. The first kappa shape index (κ1) is 8.78. The molecule has 0 saturated heterocycles. The van der Waals surface area contributed by atoms with E-state index in [1.54, 1.807) is 0 Å². The number of hydrogen-bond donors (Lipinski definition) is 2. The van der Waals surface area contributed by atoms with Crippen molar-refractivity contribution in [2.45, 2.75) is 32.0 Å². The van der Waals surface area contributed by atoms with E-state index in [-0.39, 0.29) is 6.61 Å². The third kappa shape index (κ3) is 2.32. The molecule has 0 radical (unpaired) electrons. The topological polar surface area (TPSA) is 37.2 Å². The van der Waals surface area contributed by atoms with Crippen molar-refractivity contribution in [1.29, 1.82) is 0 Å². The Hall–Kier alpha value is -0.800. The second kappa shape index (κ2) is 3.94. The van der Waals surface area contributed by atoms with E-state index in [0.29, 0.717) is 6.54 Å². The molecule has 0 atom stereocenters. The van der Waals surface area contributed by atoms with E-state index in [2.05, 4.69) is 16.0 Å². The molecule has 0 amide bonds. The van der Waals surface area contributed by atoms with Gasteiger partial charge in [-0.15, -0.1) is 0 Å². The molecule has 1 aliphatic rings. The molecule has 3 heteroatoms. The quantitative estimate of drug-likeness (QED) is 0.701. The van der Waals surface area contributed by atoms with E-state index in [0.717, 1.165) is 12.6 Å². The van der Waals surface area contributed by atoms with Crippen molar-refractivity contribution in [3.05, 3.63) is 24.0 Å². The van der Waals surface area contributed by atoms with Crippen LogP contribution in [0.3, 0.4) is 0 Å². The second-order valence-corrected chi connectivity index (χ2v) is 3.57. The predicted octanol–water partition coefficient (Wildman–Crippen LogP) is 0.732. The van der Waals surface area contributed by atoms with Crippen LogP contribution in [0.2, 0.25) is 0 Å². The van der Waals surface area contributed by atoms with E-state index in [4.69, 9.17) is 5.11 Å². The van der Waals surface area contributed by atoms with Crippen LogP contribution in [0.1, 0.15) is 18.5 Å². The van der Waals surface area contributed by atoms with Crippen LogP contribution in [0, 0.1) is 0 Å². The second-order valence-electron chi connectivity index (χ2n) is 3.57. The summed E-state index contributed by atoms with van der Waals surface area (Å²) in [5, 5.41) is 12.3. The highest BCUT2D eigenvalue weighted by Crippen LogP contribution is 2.19. The first-order valence-corrected chi connectivity index (χ1v) is 4.88. The van der Waals surface area contributed by atoms with Crippen molar-refractivity contribution in [2.75, 3.05) is 6.61 Å². The zero-order valence-corrected chi connectivity index (χ0v) is 7.74. The maximum atomic E-state index is 8.81. The highest BCUT2D eigenvalue weighted by molar-refractivity contribution is 5.07. The minimum atomic E-state index is 0.213. The lowest BCUT2D eigenvalue weighted by molar-refractivity contribution is 0.274. The molecule has 1 saturated carbocycles. The fourth-order valence-corrected chi connectivity index (χ4v) is 1.47. The van der Waals surface area contributed by atoms with Gasteiger partial charge in [0.2, 0.25) is 0 Å². The Morgan fingerprint density at radius 2 is 2.38 bits per heavy atom.